The topological polar surface area (TPSA) is 122 Å². The van der Waals surface area contributed by atoms with Crippen molar-refractivity contribution < 1.29 is 19.5 Å². The minimum atomic E-state index is -0.747. The normalized spacial score (nSPS) is 24.1. The first-order valence-corrected chi connectivity index (χ1v) is 11.6. The zero-order chi connectivity index (χ0) is 23.2. The molecule has 1 fully saturated rings. The van der Waals surface area contributed by atoms with Crippen molar-refractivity contribution in [2.24, 2.45) is 22.5 Å². The molecule has 3 unspecified atom stereocenters. The molecule has 7 nitrogen and oxygen atoms in total. The van der Waals surface area contributed by atoms with Crippen LogP contribution in [-0.4, -0.2) is 53.0 Å². The van der Waals surface area contributed by atoms with Gasteiger partial charge in [-0.1, -0.05) is 27.4 Å². The Kier molecular flexibility index (Phi) is 9.42. The molecule has 0 spiro atoms. The quantitative estimate of drug-likeness (QED) is 0.243. The van der Waals surface area contributed by atoms with Crippen molar-refractivity contribution in [3.63, 3.8) is 0 Å². The van der Waals surface area contributed by atoms with Crippen molar-refractivity contribution in [2.75, 3.05) is 25.4 Å². The van der Waals surface area contributed by atoms with Crippen LogP contribution in [0.25, 0.3) is 0 Å². The summed E-state index contributed by atoms with van der Waals surface area (Å²) < 4.78 is -0.0735. The maximum Gasteiger partial charge on any atom is 0.246 e. The van der Waals surface area contributed by atoms with Gasteiger partial charge >= 0.3 is 0 Å². The van der Waals surface area contributed by atoms with E-state index in [9.17, 15) is 14.4 Å². The van der Waals surface area contributed by atoms with Gasteiger partial charge in [-0.2, -0.15) is 11.8 Å². The summed E-state index contributed by atoms with van der Waals surface area (Å²) in [7, 11) is 0. The zero-order valence-corrected chi connectivity index (χ0v) is 19.9. The fraction of sp³-hybridized carbons (Fsp3) is 0.773. The lowest BCUT2D eigenvalue weighted by molar-refractivity contribution is -0.132. The molecule has 1 rings (SSSR count). The summed E-state index contributed by atoms with van der Waals surface area (Å²) in [6.07, 6.45) is 2.58. The number of nitrogens with two attached hydrogens (primary N) is 1. The van der Waals surface area contributed by atoms with Gasteiger partial charge in [-0.05, 0) is 50.7 Å². The van der Waals surface area contributed by atoms with Crippen LogP contribution in [0, 0.1) is 16.7 Å². The lowest BCUT2D eigenvalue weighted by Crippen LogP contribution is -2.43. The van der Waals surface area contributed by atoms with Crippen LogP contribution in [-0.2, 0) is 14.4 Å². The summed E-state index contributed by atoms with van der Waals surface area (Å²) in [5.74, 6) is -0.255. The highest BCUT2D eigenvalue weighted by Crippen LogP contribution is 2.69. The average molecular weight is 442 g/mol. The van der Waals surface area contributed by atoms with Gasteiger partial charge in [-0.15, -0.1) is 0 Å². The number of rotatable bonds is 14. The highest BCUT2D eigenvalue weighted by atomic mass is 32.2. The molecule has 3 atom stereocenters. The van der Waals surface area contributed by atoms with Crippen molar-refractivity contribution >= 4 is 29.5 Å². The van der Waals surface area contributed by atoms with Crippen LogP contribution in [0.4, 0.5) is 0 Å². The van der Waals surface area contributed by atoms with E-state index in [1.54, 1.807) is 18.7 Å². The SMILES string of the molecule is C=C(C)C(=O)NCCCNC(=O)C(C)(C)CC(C(N)=O)C1(C)CC1(C)SCCCO. The second-order valence-electron chi connectivity index (χ2n) is 9.44. The van der Waals surface area contributed by atoms with Gasteiger partial charge in [0.05, 0.1) is 0 Å². The number of aliphatic hydroxyl groups is 1. The molecule has 0 aliphatic heterocycles. The first kappa shape index (κ1) is 26.5. The highest BCUT2D eigenvalue weighted by molar-refractivity contribution is 8.01. The van der Waals surface area contributed by atoms with Gasteiger partial charge in [0.1, 0.15) is 0 Å². The Morgan fingerprint density at radius 1 is 1.20 bits per heavy atom. The predicted octanol–water partition coefficient (Wildman–Crippen LogP) is 1.99. The average Bonchev–Trinajstić information content (AvgIpc) is 3.20. The fourth-order valence-corrected chi connectivity index (χ4v) is 5.45. The Hall–Kier alpha value is -1.54. The molecule has 30 heavy (non-hydrogen) atoms. The third kappa shape index (κ3) is 6.74. The van der Waals surface area contributed by atoms with E-state index < -0.39 is 11.3 Å². The third-order valence-electron chi connectivity index (χ3n) is 6.26. The smallest absolute Gasteiger partial charge is 0.246 e. The Balaban J connectivity index is 2.61. The summed E-state index contributed by atoms with van der Waals surface area (Å²) >= 11 is 1.77. The van der Waals surface area contributed by atoms with E-state index in [1.807, 2.05) is 13.8 Å². The lowest BCUT2D eigenvalue weighted by Gasteiger charge is -2.32. The van der Waals surface area contributed by atoms with E-state index in [1.165, 1.54) is 0 Å². The summed E-state index contributed by atoms with van der Waals surface area (Å²) in [6.45, 7) is 14.2. The number of aliphatic hydroxyl groups excluding tert-OH is 1. The second-order valence-corrected chi connectivity index (χ2v) is 11.0. The van der Waals surface area contributed by atoms with E-state index >= 15 is 0 Å². The first-order valence-electron chi connectivity index (χ1n) is 10.6. The van der Waals surface area contributed by atoms with E-state index in [4.69, 9.17) is 10.8 Å². The predicted molar refractivity (Wildman–Crippen MR) is 122 cm³/mol. The summed E-state index contributed by atoms with van der Waals surface area (Å²) in [6, 6.07) is 0. The molecule has 0 aromatic carbocycles. The van der Waals surface area contributed by atoms with Crippen LogP contribution in [0.15, 0.2) is 12.2 Å². The number of primary amides is 1. The van der Waals surface area contributed by atoms with Crippen LogP contribution < -0.4 is 16.4 Å². The molecule has 1 saturated carbocycles. The first-order chi connectivity index (χ1) is 13.8. The largest absolute Gasteiger partial charge is 0.396 e. The van der Waals surface area contributed by atoms with Gasteiger partial charge in [0, 0.05) is 41.3 Å². The second kappa shape index (κ2) is 10.7. The molecule has 0 saturated heterocycles. The van der Waals surface area contributed by atoms with Crippen molar-refractivity contribution in [1.29, 1.82) is 0 Å². The molecule has 1 aliphatic carbocycles. The monoisotopic (exact) mass is 441 g/mol. The van der Waals surface area contributed by atoms with Crippen LogP contribution in [0.5, 0.6) is 0 Å². The molecule has 5 N–H and O–H groups in total. The lowest BCUT2D eigenvalue weighted by atomic mass is 9.74. The Morgan fingerprint density at radius 3 is 2.33 bits per heavy atom. The van der Waals surface area contributed by atoms with Crippen molar-refractivity contribution in [3.05, 3.63) is 12.2 Å². The van der Waals surface area contributed by atoms with Gasteiger partial charge in [-0.3, -0.25) is 14.4 Å². The van der Waals surface area contributed by atoms with Gasteiger partial charge < -0.3 is 21.5 Å². The highest BCUT2D eigenvalue weighted by Gasteiger charge is 2.66. The van der Waals surface area contributed by atoms with Gasteiger partial charge in [0.25, 0.3) is 0 Å². The van der Waals surface area contributed by atoms with Crippen LogP contribution in [0.1, 0.15) is 60.3 Å². The van der Waals surface area contributed by atoms with Crippen LogP contribution in [0.2, 0.25) is 0 Å². The molecule has 0 radical (unpaired) electrons. The van der Waals surface area contributed by atoms with Gasteiger partial charge in [-0.25, -0.2) is 0 Å². The minimum Gasteiger partial charge on any atom is -0.396 e. The molecule has 3 amide bonds. The van der Waals surface area contributed by atoms with Crippen molar-refractivity contribution in [1.82, 2.24) is 10.6 Å². The van der Waals surface area contributed by atoms with E-state index in [0.717, 1.165) is 18.6 Å². The molecule has 172 valence electrons. The number of carbonyl (C=O) groups is 3. The maximum absolute atomic E-state index is 12.8. The Bertz CT molecular complexity index is 667. The van der Waals surface area contributed by atoms with Gasteiger partial charge in [0.15, 0.2) is 0 Å². The Morgan fingerprint density at radius 2 is 1.80 bits per heavy atom. The molecule has 0 aromatic heterocycles. The minimum absolute atomic E-state index is 0.0735. The van der Waals surface area contributed by atoms with E-state index in [0.29, 0.717) is 31.5 Å². The van der Waals surface area contributed by atoms with Crippen LogP contribution >= 0.6 is 11.8 Å². The number of nitrogens with one attached hydrogen (secondary N) is 2. The zero-order valence-electron chi connectivity index (χ0n) is 19.1. The van der Waals surface area contributed by atoms with Crippen molar-refractivity contribution in [2.45, 2.75) is 65.0 Å². The molecule has 1 aliphatic rings. The van der Waals surface area contributed by atoms with Crippen molar-refractivity contribution in [3.8, 4) is 0 Å². The van der Waals surface area contributed by atoms with E-state index in [-0.39, 0.29) is 34.5 Å². The summed E-state index contributed by atoms with van der Waals surface area (Å²) in [4.78, 5) is 36.5. The summed E-state index contributed by atoms with van der Waals surface area (Å²) in [5, 5.41) is 14.7. The standard InChI is InChI=1S/C22H39N3O4S/c1-15(2)18(28)24-9-7-10-25-19(29)20(3,4)13-16(17(23)27)21(5)14-22(21,6)30-12-8-11-26/h16,26H,1,7-14H2,2-6H3,(H2,23,27)(H,24,28)(H,25,29). The maximum atomic E-state index is 12.8. The number of carbonyl (C=O) groups excluding carboxylic acids is 3. The number of thioether (sulfide) groups is 1. The van der Waals surface area contributed by atoms with Crippen LogP contribution in [0.3, 0.4) is 0 Å². The molecular formula is C22H39N3O4S. The fourth-order valence-electron chi connectivity index (χ4n) is 3.85. The molecule has 0 heterocycles. The van der Waals surface area contributed by atoms with Gasteiger partial charge in [0.2, 0.25) is 17.7 Å². The third-order valence-corrected chi connectivity index (χ3v) is 8.01. The number of hydrogen-bond donors (Lipinski definition) is 4. The molecule has 0 aromatic rings. The molecule has 8 heteroatoms. The summed E-state index contributed by atoms with van der Waals surface area (Å²) in [5.41, 5.74) is 5.22. The molecular weight excluding hydrogens is 402 g/mol. The Labute approximate surface area is 185 Å². The molecule has 0 bridgehead atoms. The van der Waals surface area contributed by atoms with E-state index in [2.05, 4.69) is 31.1 Å². The number of hydrogen-bond acceptors (Lipinski definition) is 5. The number of amides is 3.